The van der Waals surface area contributed by atoms with Crippen LogP contribution in [-0.2, 0) is 15.8 Å². The highest BCUT2D eigenvalue weighted by molar-refractivity contribution is 7.82. The lowest BCUT2D eigenvalue weighted by Crippen LogP contribution is -2.40. The van der Waals surface area contributed by atoms with Crippen LogP contribution in [0.25, 0.3) is 0 Å². The van der Waals surface area contributed by atoms with Crippen LogP contribution in [0.4, 0.5) is 5.69 Å². The quantitative estimate of drug-likeness (QED) is 0.806. The number of anilines is 1. The summed E-state index contributed by atoms with van der Waals surface area (Å²) in [5, 5.41) is 6.06. The number of piperidine rings is 1. The highest BCUT2D eigenvalue weighted by Gasteiger charge is 2.25. The molecule has 130 valence electrons. The van der Waals surface area contributed by atoms with Crippen molar-refractivity contribution in [3.63, 3.8) is 0 Å². The predicted octanol–water partition coefficient (Wildman–Crippen LogP) is 2.81. The Kier molecular flexibility index (Phi) is 5.97. The molecule has 0 aromatic heterocycles. The second-order valence-corrected chi connectivity index (χ2v) is 8.23. The number of hydrogen-bond acceptors (Lipinski definition) is 3. The number of benzene rings is 1. The van der Waals surface area contributed by atoms with E-state index >= 15 is 0 Å². The van der Waals surface area contributed by atoms with Crippen molar-refractivity contribution in [2.45, 2.75) is 43.4 Å². The van der Waals surface area contributed by atoms with Crippen molar-refractivity contribution in [2.24, 2.45) is 5.92 Å². The summed E-state index contributed by atoms with van der Waals surface area (Å²) in [6.45, 7) is 1.79. The lowest BCUT2D eigenvalue weighted by Gasteiger charge is -2.25. The van der Waals surface area contributed by atoms with E-state index in [9.17, 15) is 9.00 Å². The Morgan fingerprint density at radius 1 is 1.08 bits per heavy atom. The molecular formula is C17H23N3O2S2. The van der Waals surface area contributed by atoms with Gasteiger partial charge in [0.2, 0.25) is 5.91 Å². The van der Waals surface area contributed by atoms with E-state index in [0.29, 0.717) is 5.11 Å². The Hall–Kier alpha value is -1.31. The van der Waals surface area contributed by atoms with Gasteiger partial charge in [0.15, 0.2) is 5.11 Å². The number of amides is 1. The molecule has 5 nitrogen and oxygen atoms in total. The van der Waals surface area contributed by atoms with Crippen molar-refractivity contribution < 1.29 is 9.00 Å². The number of carbonyl (C=O) groups excluding carboxylic acids is 1. The van der Waals surface area contributed by atoms with Crippen LogP contribution in [0.15, 0.2) is 29.2 Å². The molecule has 1 saturated carbocycles. The topological polar surface area (TPSA) is 61.4 Å². The van der Waals surface area contributed by atoms with Crippen LogP contribution in [0.3, 0.4) is 0 Å². The van der Waals surface area contributed by atoms with Gasteiger partial charge in [-0.05, 0) is 62.2 Å². The summed E-state index contributed by atoms with van der Waals surface area (Å²) in [7, 11) is -1.10. The third-order valence-electron chi connectivity index (χ3n) is 4.58. The number of carbonyl (C=O) groups is 1. The first-order valence-corrected chi connectivity index (χ1v) is 10.0. The Bertz CT molecular complexity index is 623. The van der Waals surface area contributed by atoms with Gasteiger partial charge in [-0.1, -0.05) is 12.8 Å². The van der Waals surface area contributed by atoms with Gasteiger partial charge in [-0.25, -0.2) is 8.51 Å². The van der Waals surface area contributed by atoms with Crippen LogP contribution < -0.4 is 10.6 Å². The fourth-order valence-corrected chi connectivity index (χ4v) is 4.36. The number of nitrogens with zero attached hydrogens (tertiary/aromatic N) is 1. The minimum Gasteiger partial charge on any atom is -0.332 e. The molecule has 7 heteroatoms. The zero-order chi connectivity index (χ0) is 16.9. The summed E-state index contributed by atoms with van der Waals surface area (Å²) in [6.07, 6.45) is 6.46. The standard InChI is InChI=1S/C17H23N3O2S2/c21-16(13-5-4-6-13)19-17(23)18-14-7-9-15(10-8-14)24(22)20-11-2-1-3-12-20/h7-10,13H,1-6,11-12H2,(H2,18,19,21,23). The lowest BCUT2D eigenvalue weighted by molar-refractivity contribution is -0.125. The molecule has 2 aliphatic rings. The van der Waals surface area contributed by atoms with E-state index in [-0.39, 0.29) is 11.8 Å². The molecule has 2 N–H and O–H groups in total. The van der Waals surface area contributed by atoms with Crippen molar-refractivity contribution in [1.29, 1.82) is 0 Å². The van der Waals surface area contributed by atoms with Gasteiger partial charge in [0.25, 0.3) is 0 Å². The van der Waals surface area contributed by atoms with Gasteiger partial charge in [-0.15, -0.1) is 0 Å². The first-order valence-electron chi connectivity index (χ1n) is 8.52. The summed E-state index contributed by atoms with van der Waals surface area (Å²) < 4.78 is 14.6. The van der Waals surface area contributed by atoms with E-state index in [1.54, 1.807) is 0 Å². The molecule has 1 heterocycles. The monoisotopic (exact) mass is 365 g/mol. The molecule has 0 spiro atoms. The number of thiocarbonyl (C=S) groups is 1. The van der Waals surface area contributed by atoms with Gasteiger partial charge < -0.3 is 10.6 Å². The first kappa shape index (κ1) is 17.5. The van der Waals surface area contributed by atoms with E-state index in [4.69, 9.17) is 12.2 Å². The van der Waals surface area contributed by atoms with E-state index in [1.165, 1.54) is 6.42 Å². The molecule has 2 fully saturated rings. The van der Waals surface area contributed by atoms with Gasteiger partial charge >= 0.3 is 0 Å². The van der Waals surface area contributed by atoms with E-state index in [0.717, 1.165) is 55.8 Å². The van der Waals surface area contributed by atoms with Crippen molar-refractivity contribution in [3.05, 3.63) is 24.3 Å². The number of nitrogens with one attached hydrogen (secondary N) is 2. The molecule has 1 atom stereocenters. The molecule has 1 aromatic rings. The highest BCUT2D eigenvalue weighted by Crippen LogP contribution is 2.26. The Morgan fingerprint density at radius 3 is 2.33 bits per heavy atom. The van der Waals surface area contributed by atoms with Crippen molar-refractivity contribution >= 4 is 39.9 Å². The minimum atomic E-state index is -1.10. The smallest absolute Gasteiger partial charge is 0.229 e. The Morgan fingerprint density at radius 2 is 1.75 bits per heavy atom. The fourth-order valence-electron chi connectivity index (χ4n) is 2.88. The average molecular weight is 366 g/mol. The predicted molar refractivity (Wildman–Crippen MR) is 100.0 cm³/mol. The van der Waals surface area contributed by atoms with E-state index < -0.39 is 11.0 Å². The fraction of sp³-hybridized carbons (Fsp3) is 0.529. The van der Waals surface area contributed by atoms with Gasteiger partial charge in [-0.3, -0.25) is 4.79 Å². The minimum absolute atomic E-state index is 0.00146. The third kappa shape index (κ3) is 4.40. The molecule has 1 unspecified atom stereocenters. The molecule has 1 amide bonds. The van der Waals surface area contributed by atoms with Crippen LogP contribution in [-0.4, -0.2) is 32.6 Å². The van der Waals surface area contributed by atoms with Crippen molar-refractivity contribution in [2.75, 3.05) is 18.4 Å². The molecule has 1 aliphatic heterocycles. The van der Waals surface area contributed by atoms with Gasteiger partial charge in [0.05, 0.1) is 4.90 Å². The summed E-state index contributed by atoms with van der Waals surface area (Å²) in [5.41, 5.74) is 0.785. The number of hydrogen-bond donors (Lipinski definition) is 2. The molecular weight excluding hydrogens is 342 g/mol. The Balaban J connectivity index is 1.52. The molecule has 1 aromatic carbocycles. The molecule has 0 bridgehead atoms. The van der Waals surface area contributed by atoms with E-state index in [1.807, 2.05) is 28.6 Å². The maximum atomic E-state index is 12.5. The highest BCUT2D eigenvalue weighted by atomic mass is 32.2. The van der Waals surface area contributed by atoms with Crippen LogP contribution in [0.1, 0.15) is 38.5 Å². The van der Waals surface area contributed by atoms with Crippen LogP contribution in [0.5, 0.6) is 0 Å². The summed E-state index contributed by atoms with van der Waals surface area (Å²) in [6, 6.07) is 7.39. The second-order valence-electron chi connectivity index (χ2n) is 6.33. The Labute approximate surface area is 150 Å². The van der Waals surface area contributed by atoms with Crippen LogP contribution >= 0.6 is 12.2 Å². The van der Waals surface area contributed by atoms with Crippen LogP contribution in [0.2, 0.25) is 0 Å². The summed E-state index contributed by atoms with van der Waals surface area (Å²) in [4.78, 5) is 12.7. The normalized spacial score (nSPS) is 20.0. The maximum absolute atomic E-state index is 12.5. The first-order chi connectivity index (χ1) is 11.6. The van der Waals surface area contributed by atoms with Gasteiger partial charge in [0, 0.05) is 24.7 Å². The van der Waals surface area contributed by atoms with Crippen molar-refractivity contribution in [1.82, 2.24) is 9.62 Å². The molecule has 1 saturated heterocycles. The van der Waals surface area contributed by atoms with Gasteiger partial charge in [-0.2, -0.15) is 0 Å². The van der Waals surface area contributed by atoms with E-state index in [2.05, 4.69) is 10.6 Å². The zero-order valence-electron chi connectivity index (χ0n) is 13.6. The van der Waals surface area contributed by atoms with Gasteiger partial charge in [0.1, 0.15) is 11.0 Å². The third-order valence-corrected chi connectivity index (χ3v) is 6.29. The average Bonchev–Trinajstić information content (AvgIpc) is 2.54. The van der Waals surface area contributed by atoms with Crippen LogP contribution in [0, 0.1) is 5.92 Å². The molecule has 0 radical (unpaired) electrons. The van der Waals surface area contributed by atoms with Crippen molar-refractivity contribution in [3.8, 4) is 0 Å². The molecule has 24 heavy (non-hydrogen) atoms. The summed E-state index contributed by atoms with van der Waals surface area (Å²) in [5.74, 6) is 0.112. The second kappa shape index (κ2) is 8.18. The zero-order valence-corrected chi connectivity index (χ0v) is 15.3. The SMILES string of the molecule is O=C(NC(=S)Nc1ccc(S(=O)N2CCCCC2)cc1)C1CCC1. The maximum Gasteiger partial charge on any atom is 0.229 e. The summed E-state index contributed by atoms with van der Waals surface area (Å²) >= 11 is 5.18. The lowest BCUT2D eigenvalue weighted by atomic mass is 9.85. The molecule has 3 rings (SSSR count). The number of rotatable bonds is 4. The molecule has 1 aliphatic carbocycles. The largest absolute Gasteiger partial charge is 0.332 e.